The van der Waals surface area contributed by atoms with E-state index in [1.165, 1.54) is 0 Å². The summed E-state index contributed by atoms with van der Waals surface area (Å²) in [6.45, 7) is 0. The lowest BCUT2D eigenvalue weighted by Gasteiger charge is -2.06. The van der Waals surface area contributed by atoms with E-state index in [0.717, 1.165) is 11.1 Å². The van der Waals surface area contributed by atoms with Crippen LogP contribution in [0.4, 0.5) is 5.95 Å². The van der Waals surface area contributed by atoms with Gasteiger partial charge in [-0.3, -0.25) is 10.1 Å². The normalized spacial score (nSPS) is 10.3. The zero-order valence-corrected chi connectivity index (χ0v) is 12.2. The number of hydrogen-bond donors (Lipinski definition) is 1. The van der Waals surface area contributed by atoms with Crippen molar-refractivity contribution in [2.75, 3.05) is 12.4 Å². The van der Waals surface area contributed by atoms with E-state index in [1.807, 2.05) is 18.2 Å². The minimum atomic E-state index is -0.447. The van der Waals surface area contributed by atoms with Gasteiger partial charge < -0.3 is 4.74 Å². The molecule has 3 heterocycles. The summed E-state index contributed by atoms with van der Waals surface area (Å²) < 4.78 is 6.80. The third-order valence-corrected chi connectivity index (χ3v) is 3.10. The number of nitrogens with one attached hydrogen (secondary N) is 1. The number of amides is 1. The summed E-state index contributed by atoms with van der Waals surface area (Å²) >= 11 is 0. The number of hydrogen-bond acceptors (Lipinski definition) is 6. The molecule has 0 spiro atoms. The van der Waals surface area contributed by atoms with Crippen LogP contribution in [0.25, 0.3) is 16.8 Å². The van der Waals surface area contributed by atoms with E-state index in [1.54, 1.807) is 36.2 Å². The molecule has 0 aromatic carbocycles. The average molecular weight is 308 g/mol. The minimum Gasteiger partial charge on any atom is -0.481 e. The Balaban J connectivity index is 1.96. The molecular weight excluding hydrogens is 296 g/mol. The number of carbonyl (C=O) groups excluding carboxylic acids is 1. The van der Waals surface area contributed by atoms with Gasteiger partial charge in [-0.1, -0.05) is 0 Å². The molecule has 0 aliphatic heterocycles. The summed E-state index contributed by atoms with van der Waals surface area (Å²) in [5.74, 6) is 0.215. The molecule has 23 heavy (non-hydrogen) atoms. The van der Waals surface area contributed by atoms with Crippen LogP contribution < -0.4 is 10.1 Å². The fraction of sp³-hybridized carbons (Fsp3) is 0.133. The molecule has 114 valence electrons. The van der Waals surface area contributed by atoms with Gasteiger partial charge in [-0.05, 0) is 24.3 Å². The van der Waals surface area contributed by atoms with Gasteiger partial charge in [0.15, 0.2) is 5.65 Å². The highest BCUT2D eigenvalue weighted by molar-refractivity contribution is 5.90. The van der Waals surface area contributed by atoms with Gasteiger partial charge in [0.2, 0.25) is 17.7 Å². The Hall–Kier alpha value is -3.47. The van der Waals surface area contributed by atoms with Gasteiger partial charge in [0.1, 0.15) is 6.42 Å². The van der Waals surface area contributed by atoms with E-state index in [-0.39, 0.29) is 12.4 Å². The molecule has 0 unspecified atom stereocenters. The van der Waals surface area contributed by atoms with Gasteiger partial charge in [-0.15, -0.1) is 5.10 Å². The van der Waals surface area contributed by atoms with Crippen LogP contribution in [-0.2, 0) is 4.79 Å². The highest BCUT2D eigenvalue weighted by atomic mass is 16.5. The Morgan fingerprint density at radius 3 is 3.09 bits per heavy atom. The van der Waals surface area contributed by atoms with Gasteiger partial charge in [0.25, 0.3) is 0 Å². The number of anilines is 1. The lowest BCUT2D eigenvalue weighted by Crippen LogP contribution is -2.11. The predicted molar refractivity (Wildman–Crippen MR) is 81.6 cm³/mol. The maximum absolute atomic E-state index is 11.4. The molecule has 0 saturated carbocycles. The maximum Gasteiger partial charge on any atom is 0.249 e. The van der Waals surface area contributed by atoms with Crippen LogP contribution >= 0.6 is 0 Å². The van der Waals surface area contributed by atoms with Crippen LogP contribution in [-0.4, -0.2) is 32.6 Å². The summed E-state index contributed by atoms with van der Waals surface area (Å²) in [6, 6.07) is 9.11. The summed E-state index contributed by atoms with van der Waals surface area (Å²) in [5, 5.41) is 15.1. The highest BCUT2D eigenvalue weighted by Crippen LogP contribution is 2.27. The van der Waals surface area contributed by atoms with E-state index in [9.17, 15) is 4.79 Å². The first-order valence-electron chi connectivity index (χ1n) is 6.74. The number of pyridine rings is 2. The fourth-order valence-electron chi connectivity index (χ4n) is 2.11. The Labute approximate surface area is 131 Å². The van der Waals surface area contributed by atoms with Crippen LogP contribution in [0.2, 0.25) is 0 Å². The lowest BCUT2D eigenvalue weighted by molar-refractivity contribution is -0.115. The van der Waals surface area contributed by atoms with Crippen LogP contribution in [0, 0.1) is 11.3 Å². The molecule has 3 aromatic heterocycles. The number of nitriles is 1. The fourth-order valence-corrected chi connectivity index (χ4v) is 2.11. The Bertz CT molecular complexity index is 912. The highest BCUT2D eigenvalue weighted by Gasteiger charge is 2.10. The van der Waals surface area contributed by atoms with Crippen molar-refractivity contribution in [1.82, 2.24) is 19.6 Å². The third-order valence-electron chi connectivity index (χ3n) is 3.10. The summed E-state index contributed by atoms with van der Waals surface area (Å²) in [5.41, 5.74) is 2.24. The number of aromatic nitrogens is 4. The molecule has 0 aliphatic carbocycles. The molecule has 0 fully saturated rings. The topological polar surface area (TPSA) is 105 Å². The van der Waals surface area contributed by atoms with Crippen molar-refractivity contribution in [2.45, 2.75) is 6.42 Å². The van der Waals surface area contributed by atoms with Crippen LogP contribution in [0.5, 0.6) is 5.88 Å². The molecule has 3 aromatic rings. The van der Waals surface area contributed by atoms with Gasteiger partial charge >= 0.3 is 0 Å². The largest absolute Gasteiger partial charge is 0.481 e. The van der Waals surface area contributed by atoms with Crippen molar-refractivity contribution < 1.29 is 9.53 Å². The van der Waals surface area contributed by atoms with Crippen molar-refractivity contribution in [3.05, 3.63) is 36.7 Å². The third kappa shape index (κ3) is 2.94. The molecule has 8 heteroatoms. The zero-order valence-electron chi connectivity index (χ0n) is 12.2. The number of nitrogens with zero attached hydrogens (tertiary/aromatic N) is 5. The first kappa shape index (κ1) is 14.5. The number of ether oxygens (including phenoxy) is 1. The summed E-state index contributed by atoms with van der Waals surface area (Å²) in [7, 11) is 1.56. The first-order valence-corrected chi connectivity index (χ1v) is 6.74. The van der Waals surface area contributed by atoms with Crippen LogP contribution in [0.3, 0.4) is 0 Å². The number of carbonyl (C=O) groups is 1. The standard InChI is InChI=1S/C15H12N6O2/c1-23-14-11(3-2-8-17-14)10-4-5-12-18-15(20-21(12)9-10)19-13(22)6-7-16/h2-5,8-9H,6H2,1H3,(H,19,20,22). The SMILES string of the molecule is COc1ncccc1-c1ccc2nc(NC(=O)CC#N)nn2c1. The molecule has 3 rings (SSSR count). The molecular formula is C15H12N6O2. The van der Waals surface area contributed by atoms with Crippen LogP contribution in [0.15, 0.2) is 36.7 Å². The van der Waals surface area contributed by atoms with Gasteiger partial charge in [-0.25, -0.2) is 9.50 Å². The van der Waals surface area contributed by atoms with Crippen LogP contribution in [0.1, 0.15) is 6.42 Å². The second kappa shape index (κ2) is 6.11. The van der Waals surface area contributed by atoms with Crippen molar-refractivity contribution in [3.63, 3.8) is 0 Å². The minimum absolute atomic E-state index is 0.153. The molecule has 1 amide bonds. The van der Waals surface area contributed by atoms with E-state index in [0.29, 0.717) is 11.5 Å². The predicted octanol–water partition coefficient (Wildman–Crippen LogP) is 1.65. The molecule has 8 nitrogen and oxygen atoms in total. The molecule has 0 aliphatic rings. The Kier molecular flexibility index (Phi) is 3.84. The average Bonchev–Trinajstić information content (AvgIpc) is 2.96. The molecule has 0 atom stereocenters. The maximum atomic E-state index is 11.4. The number of methoxy groups -OCH3 is 1. The molecule has 0 bridgehead atoms. The zero-order chi connectivity index (χ0) is 16.2. The molecule has 0 saturated heterocycles. The van der Waals surface area contributed by atoms with E-state index < -0.39 is 5.91 Å². The second-order valence-corrected chi connectivity index (χ2v) is 4.60. The number of rotatable bonds is 4. The summed E-state index contributed by atoms with van der Waals surface area (Å²) in [6.07, 6.45) is 3.18. The van der Waals surface area contributed by atoms with Crippen molar-refractivity contribution >= 4 is 17.5 Å². The van der Waals surface area contributed by atoms with E-state index in [2.05, 4.69) is 20.4 Å². The molecule has 1 N–H and O–H groups in total. The lowest BCUT2D eigenvalue weighted by atomic mass is 10.1. The van der Waals surface area contributed by atoms with E-state index >= 15 is 0 Å². The van der Waals surface area contributed by atoms with Crippen molar-refractivity contribution in [3.8, 4) is 23.1 Å². The van der Waals surface area contributed by atoms with Gasteiger partial charge in [0, 0.05) is 23.5 Å². The number of fused-ring (bicyclic) bond motifs is 1. The van der Waals surface area contributed by atoms with Gasteiger partial charge in [-0.2, -0.15) is 10.2 Å². The smallest absolute Gasteiger partial charge is 0.249 e. The summed E-state index contributed by atoms with van der Waals surface area (Å²) in [4.78, 5) is 19.8. The first-order chi connectivity index (χ1) is 11.2. The second-order valence-electron chi connectivity index (χ2n) is 4.60. The molecule has 0 radical (unpaired) electrons. The Morgan fingerprint density at radius 1 is 1.43 bits per heavy atom. The van der Waals surface area contributed by atoms with Crippen molar-refractivity contribution in [1.29, 1.82) is 5.26 Å². The monoisotopic (exact) mass is 308 g/mol. The van der Waals surface area contributed by atoms with E-state index in [4.69, 9.17) is 10.00 Å². The quantitative estimate of drug-likeness (QED) is 0.785. The van der Waals surface area contributed by atoms with Gasteiger partial charge in [0.05, 0.1) is 13.2 Å². The van der Waals surface area contributed by atoms with Crippen molar-refractivity contribution in [2.24, 2.45) is 0 Å². The Morgan fingerprint density at radius 2 is 2.30 bits per heavy atom.